The number of guanidine groups is 1. The van der Waals surface area contributed by atoms with E-state index in [1.807, 2.05) is 6.20 Å². The third kappa shape index (κ3) is 4.84. The van der Waals surface area contributed by atoms with Crippen LogP contribution in [0.5, 0.6) is 0 Å². The summed E-state index contributed by atoms with van der Waals surface area (Å²) in [5.74, 6) is 2.13. The number of nitrogens with one attached hydrogen (secondary N) is 1. The highest BCUT2D eigenvalue weighted by molar-refractivity contribution is 5.80. The Morgan fingerprint density at radius 1 is 1.08 bits per heavy atom. The summed E-state index contributed by atoms with van der Waals surface area (Å²) < 4.78 is 0. The molecule has 2 aliphatic heterocycles. The number of likely N-dealkylation sites (tertiary alicyclic amines) is 1. The lowest BCUT2D eigenvalue weighted by molar-refractivity contribution is 0.270. The molecule has 0 amide bonds. The second-order valence-electron chi connectivity index (χ2n) is 6.81. The van der Waals surface area contributed by atoms with Crippen molar-refractivity contribution in [3.05, 3.63) is 23.9 Å². The predicted molar refractivity (Wildman–Crippen MR) is 104 cm³/mol. The summed E-state index contributed by atoms with van der Waals surface area (Å²) in [7, 11) is 0. The third-order valence-electron chi connectivity index (χ3n) is 5.10. The van der Waals surface area contributed by atoms with Crippen LogP contribution in [-0.2, 0) is 6.54 Å². The van der Waals surface area contributed by atoms with Gasteiger partial charge in [-0.1, -0.05) is 13.0 Å². The van der Waals surface area contributed by atoms with Crippen molar-refractivity contribution >= 4 is 11.8 Å². The van der Waals surface area contributed by atoms with Crippen LogP contribution in [0.25, 0.3) is 0 Å². The molecule has 0 atom stereocenters. The van der Waals surface area contributed by atoms with Crippen LogP contribution in [-0.4, -0.2) is 73.1 Å². The Labute approximate surface area is 151 Å². The van der Waals surface area contributed by atoms with Crippen LogP contribution in [0.15, 0.2) is 23.3 Å². The molecule has 25 heavy (non-hydrogen) atoms. The molecule has 0 aromatic carbocycles. The standard InChI is InChI=1S/C19H32N6/c1-3-20-19(25-9-5-6-10-25)22-16-17-7-8-18(21-15-17)24-13-11-23(4-2)12-14-24/h7-8,15H,3-6,9-14,16H2,1-2H3,(H,20,22). The number of likely N-dealkylation sites (N-methyl/N-ethyl adjacent to an activating group) is 1. The Morgan fingerprint density at radius 2 is 1.84 bits per heavy atom. The number of hydrogen-bond donors (Lipinski definition) is 1. The largest absolute Gasteiger partial charge is 0.357 e. The van der Waals surface area contributed by atoms with E-state index in [4.69, 9.17) is 4.99 Å². The zero-order valence-corrected chi connectivity index (χ0v) is 15.7. The molecule has 2 fully saturated rings. The van der Waals surface area contributed by atoms with Crippen LogP contribution in [0.3, 0.4) is 0 Å². The molecule has 138 valence electrons. The van der Waals surface area contributed by atoms with Gasteiger partial charge in [-0.05, 0) is 37.9 Å². The van der Waals surface area contributed by atoms with E-state index in [9.17, 15) is 0 Å². The Balaban J connectivity index is 1.57. The molecule has 0 saturated carbocycles. The van der Waals surface area contributed by atoms with Crippen LogP contribution in [0.1, 0.15) is 32.3 Å². The fourth-order valence-electron chi connectivity index (χ4n) is 3.51. The van der Waals surface area contributed by atoms with Crippen LogP contribution in [0.4, 0.5) is 5.82 Å². The molecule has 1 N–H and O–H groups in total. The minimum absolute atomic E-state index is 0.690. The zero-order chi connectivity index (χ0) is 17.5. The van der Waals surface area contributed by atoms with Crippen molar-refractivity contribution < 1.29 is 0 Å². The van der Waals surface area contributed by atoms with E-state index in [2.05, 4.69) is 51.0 Å². The van der Waals surface area contributed by atoms with E-state index in [-0.39, 0.29) is 0 Å². The van der Waals surface area contributed by atoms with Crippen molar-refractivity contribution in [1.82, 2.24) is 20.1 Å². The zero-order valence-electron chi connectivity index (χ0n) is 15.7. The predicted octanol–water partition coefficient (Wildman–Crippen LogP) is 1.78. The van der Waals surface area contributed by atoms with Gasteiger partial charge in [-0.15, -0.1) is 0 Å². The topological polar surface area (TPSA) is 47.0 Å². The summed E-state index contributed by atoms with van der Waals surface area (Å²) in [5.41, 5.74) is 1.17. The molecule has 2 saturated heterocycles. The van der Waals surface area contributed by atoms with Crippen molar-refractivity contribution in [2.45, 2.75) is 33.2 Å². The normalized spacial score (nSPS) is 19.5. The Kier molecular flexibility index (Phi) is 6.50. The number of hydrogen-bond acceptors (Lipinski definition) is 4. The van der Waals surface area contributed by atoms with Crippen molar-refractivity contribution in [3.8, 4) is 0 Å². The number of rotatable bonds is 5. The van der Waals surface area contributed by atoms with Gasteiger partial charge in [0.1, 0.15) is 5.82 Å². The number of aromatic nitrogens is 1. The van der Waals surface area contributed by atoms with E-state index in [0.29, 0.717) is 6.54 Å². The second-order valence-corrected chi connectivity index (χ2v) is 6.81. The molecule has 6 nitrogen and oxygen atoms in total. The summed E-state index contributed by atoms with van der Waals surface area (Å²) in [6, 6.07) is 4.32. The molecule has 0 spiro atoms. The first-order chi connectivity index (χ1) is 12.3. The molecule has 0 radical (unpaired) electrons. The summed E-state index contributed by atoms with van der Waals surface area (Å²) in [6.45, 7) is 13.7. The molecule has 6 heteroatoms. The van der Waals surface area contributed by atoms with Crippen molar-refractivity contribution in [1.29, 1.82) is 0 Å². The summed E-state index contributed by atoms with van der Waals surface area (Å²) in [5, 5.41) is 3.41. The van der Waals surface area contributed by atoms with Crippen molar-refractivity contribution in [2.75, 3.05) is 57.3 Å². The highest BCUT2D eigenvalue weighted by Crippen LogP contribution is 2.15. The Morgan fingerprint density at radius 3 is 2.44 bits per heavy atom. The molecule has 2 aliphatic rings. The highest BCUT2D eigenvalue weighted by atomic mass is 15.3. The van der Waals surface area contributed by atoms with Gasteiger partial charge >= 0.3 is 0 Å². The average Bonchev–Trinajstić information content (AvgIpc) is 3.20. The number of pyridine rings is 1. The van der Waals surface area contributed by atoms with Gasteiger partial charge in [0.2, 0.25) is 0 Å². The summed E-state index contributed by atoms with van der Waals surface area (Å²) in [6.07, 6.45) is 4.52. The first-order valence-electron chi connectivity index (χ1n) is 9.75. The third-order valence-corrected chi connectivity index (χ3v) is 5.10. The van der Waals surface area contributed by atoms with E-state index in [0.717, 1.165) is 64.1 Å². The quantitative estimate of drug-likeness (QED) is 0.652. The van der Waals surface area contributed by atoms with Crippen LogP contribution in [0, 0.1) is 0 Å². The molecule has 0 aliphatic carbocycles. The van der Waals surface area contributed by atoms with E-state index in [1.54, 1.807) is 0 Å². The number of piperazine rings is 1. The van der Waals surface area contributed by atoms with Gasteiger partial charge in [-0.25, -0.2) is 9.98 Å². The molecule has 1 aromatic heterocycles. The number of anilines is 1. The molecular formula is C19H32N6. The van der Waals surface area contributed by atoms with Crippen molar-refractivity contribution in [3.63, 3.8) is 0 Å². The SMILES string of the molecule is CCNC(=NCc1ccc(N2CCN(CC)CC2)nc1)N1CCCC1. The Hall–Kier alpha value is -1.82. The van der Waals surface area contributed by atoms with Gasteiger partial charge in [0.25, 0.3) is 0 Å². The lowest BCUT2D eigenvalue weighted by atomic mass is 10.2. The number of aliphatic imine (C=N–C) groups is 1. The van der Waals surface area contributed by atoms with Gasteiger partial charge in [0.05, 0.1) is 6.54 Å². The van der Waals surface area contributed by atoms with Crippen LogP contribution in [0.2, 0.25) is 0 Å². The molecule has 0 bridgehead atoms. The van der Waals surface area contributed by atoms with Gasteiger partial charge in [0.15, 0.2) is 5.96 Å². The van der Waals surface area contributed by atoms with Gasteiger partial charge < -0.3 is 20.0 Å². The molecule has 3 heterocycles. The molecule has 1 aromatic rings. The Bertz CT molecular complexity index is 542. The van der Waals surface area contributed by atoms with Crippen LogP contribution < -0.4 is 10.2 Å². The first kappa shape index (κ1) is 18.0. The lowest BCUT2D eigenvalue weighted by Gasteiger charge is -2.34. The number of nitrogens with zero attached hydrogens (tertiary/aromatic N) is 5. The average molecular weight is 345 g/mol. The molecular weight excluding hydrogens is 312 g/mol. The second kappa shape index (κ2) is 9.04. The summed E-state index contributed by atoms with van der Waals surface area (Å²) >= 11 is 0. The molecule has 3 rings (SSSR count). The first-order valence-corrected chi connectivity index (χ1v) is 9.75. The smallest absolute Gasteiger partial charge is 0.194 e. The minimum atomic E-state index is 0.690. The van der Waals surface area contributed by atoms with E-state index >= 15 is 0 Å². The molecule has 0 unspecified atom stereocenters. The fourth-order valence-corrected chi connectivity index (χ4v) is 3.51. The monoisotopic (exact) mass is 344 g/mol. The van der Waals surface area contributed by atoms with E-state index < -0.39 is 0 Å². The van der Waals surface area contributed by atoms with Gasteiger partial charge in [0, 0.05) is 52.0 Å². The highest BCUT2D eigenvalue weighted by Gasteiger charge is 2.17. The van der Waals surface area contributed by atoms with Crippen LogP contribution >= 0.6 is 0 Å². The van der Waals surface area contributed by atoms with Gasteiger partial charge in [-0.2, -0.15) is 0 Å². The lowest BCUT2D eigenvalue weighted by Crippen LogP contribution is -2.46. The van der Waals surface area contributed by atoms with Crippen molar-refractivity contribution in [2.24, 2.45) is 4.99 Å². The fraction of sp³-hybridized carbons (Fsp3) is 0.684. The van der Waals surface area contributed by atoms with Gasteiger partial charge in [-0.3, -0.25) is 0 Å². The maximum atomic E-state index is 4.80. The maximum absolute atomic E-state index is 4.80. The maximum Gasteiger partial charge on any atom is 0.194 e. The summed E-state index contributed by atoms with van der Waals surface area (Å²) in [4.78, 5) is 16.7. The minimum Gasteiger partial charge on any atom is -0.357 e. The van der Waals surface area contributed by atoms with E-state index in [1.165, 1.54) is 18.4 Å².